The Hall–Kier alpha value is -3.33. The van der Waals surface area contributed by atoms with Gasteiger partial charge in [0.25, 0.3) is 5.91 Å². The molecule has 4 aromatic carbocycles. The summed E-state index contributed by atoms with van der Waals surface area (Å²) in [5.74, 6) is -0.572. The fraction of sp³-hybridized carbons (Fsp3) is 0.0333. The van der Waals surface area contributed by atoms with Crippen molar-refractivity contribution in [2.24, 2.45) is 0 Å². The number of amides is 2. The number of thiazole rings is 1. The van der Waals surface area contributed by atoms with Crippen LogP contribution in [0.2, 0.25) is 15.1 Å². The first-order valence-electron chi connectivity index (χ1n) is 12.0. The zero-order valence-electron chi connectivity index (χ0n) is 20.6. The van der Waals surface area contributed by atoms with E-state index in [9.17, 15) is 9.59 Å². The molecule has 5 nitrogen and oxygen atoms in total. The summed E-state index contributed by atoms with van der Waals surface area (Å²) in [7, 11) is 0. The Labute approximate surface area is 254 Å². The van der Waals surface area contributed by atoms with Gasteiger partial charge >= 0.3 is 0 Å². The van der Waals surface area contributed by atoms with Crippen molar-refractivity contribution in [1.82, 2.24) is 4.98 Å². The van der Waals surface area contributed by atoms with E-state index in [0.717, 1.165) is 21.7 Å². The van der Waals surface area contributed by atoms with Crippen LogP contribution in [-0.4, -0.2) is 16.8 Å². The van der Waals surface area contributed by atoms with Crippen LogP contribution in [0.25, 0.3) is 11.3 Å². The fourth-order valence-corrected chi connectivity index (χ4v) is 6.24. The van der Waals surface area contributed by atoms with Crippen molar-refractivity contribution in [2.45, 2.75) is 10.1 Å². The highest BCUT2D eigenvalue weighted by Gasteiger charge is 2.23. The number of benzene rings is 4. The Bertz CT molecular complexity index is 1660. The molecule has 0 fully saturated rings. The summed E-state index contributed by atoms with van der Waals surface area (Å²) in [6.45, 7) is 0. The van der Waals surface area contributed by atoms with E-state index < -0.39 is 5.25 Å². The van der Waals surface area contributed by atoms with Gasteiger partial charge < -0.3 is 10.6 Å². The van der Waals surface area contributed by atoms with Crippen LogP contribution in [0.4, 0.5) is 10.8 Å². The average Bonchev–Trinajstić information content (AvgIpc) is 3.41. The summed E-state index contributed by atoms with van der Waals surface area (Å²) in [6.07, 6.45) is 0. The van der Waals surface area contributed by atoms with E-state index in [1.807, 2.05) is 66.0 Å². The van der Waals surface area contributed by atoms with E-state index in [0.29, 0.717) is 26.4 Å². The number of thioether (sulfide) groups is 1. The number of anilines is 2. The number of hydrogen-bond donors (Lipinski definition) is 2. The maximum absolute atomic E-state index is 13.5. The lowest BCUT2D eigenvalue weighted by molar-refractivity contribution is -0.115. The maximum atomic E-state index is 13.5. The Morgan fingerprint density at radius 2 is 1.55 bits per heavy atom. The van der Waals surface area contributed by atoms with Crippen molar-refractivity contribution in [3.05, 3.63) is 129 Å². The number of hydrogen-bond acceptors (Lipinski definition) is 5. The van der Waals surface area contributed by atoms with Gasteiger partial charge in [-0.15, -0.1) is 23.1 Å². The van der Waals surface area contributed by atoms with E-state index in [2.05, 4.69) is 15.6 Å². The first kappa shape index (κ1) is 28.2. The number of carbonyl (C=O) groups is 2. The molecule has 5 rings (SSSR count). The molecule has 1 atom stereocenters. The highest BCUT2D eigenvalue weighted by molar-refractivity contribution is 8.00. The SMILES string of the molecule is O=C(Nc1cccc(SC(C(=O)Nc2nc(-c3ccc(Cl)cc3)cs2)c2ccccc2)c1)c1ccc(Cl)cc1Cl. The van der Waals surface area contributed by atoms with Crippen molar-refractivity contribution in [1.29, 1.82) is 0 Å². The number of carbonyl (C=O) groups excluding carboxylic acids is 2. The second-order valence-electron chi connectivity index (χ2n) is 8.55. The van der Waals surface area contributed by atoms with Crippen LogP contribution in [0.5, 0.6) is 0 Å². The summed E-state index contributed by atoms with van der Waals surface area (Å²) < 4.78 is 0. The van der Waals surface area contributed by atoms with E-state index >= 15 is 0 Å². The molecule has 10 heteroatoms. The minimum atomic E-state index is -0.569. The van der Waals surface area contributed by atoms with Crippen molar-refractivity contribution in [2.75, 3.05) is 10.6 Å². The van der Waals surface area contributed by atoms with Gasteiger partial charge in [-0.25, -0.2) is 4.98 Å². The third-order valence-corrected chi connectivity index (χ3v) is 8.54. The van der Waals surface area contributed by atoms with Crippen LogP contribution >= 0.6 is 57.9 Å². The van der Waals surface area contributed by atoms with Gasteiger partial charge in [-0.3, -0.25) is 9.59 Å². The third-order valence-electron chi connectivity index (χ3n) is 5.74. The molecule has 200 valence electrons. The molecule has 0 spiro atoms. The van der Waals surface area contributed by atoms with Gasteiger partial charge in [0.15, 0.2) is 5.13 Å². The summed E-state index contributed by atoms with van der Waals surface area (Å²) >= 11 is 20.9. The molecule has 1 heterocycles. The van der Waals surface area contributed by atoms with Gasteiger partial charge in [0.2, 0.25) is 5.91 Å². The Kier molecular flexibility index (Phi) is 9.09. The van der Waals surface area contributed by atoms with E-state index in [4.69, 9.17) is 34.8 Å². The molecule has 2 amide bonds. The van der Waals surface area contributed by atoms with Gasteiger partial charge in [0, 0.05) is 31.6 Å². The van der Waals surface area contributed by atoms with Crippen LogP contribution in [0.15, 0.2) is 107 Å². The van der Waals surface area contributed by atoms with Gasteiger partial charge in [-0.05, 0) is 54.1 Å². The molecule has 0 aliphatic rings. The average molecular weight is 625 g/mol. The summed E-state index contributed by atoms with van der Waals surface area (Å²) in [4.78, 5) is 31.7. The molecule has 0 bridgehead atoms. The lowest BCUT2D eigenvalue weighted by Crippen LogP contribution is -2.19. The van der Waals surface area contributed by atoms with E-state index in [-0.39, 0.29) is 16.8 Å². The number of aromatic nitrogens is 1. The summed E-state index contributed by atoms with van der Waals surface area (Å²) in [5, 5.41) is 9.01. The molecular weight excluding hydrogens is 605 g/mol. The highest BCUT2D eigenvalue weighted by atomic mass is 35.5. The van der Waals surface area contributed by atoms with Crippen LogP contribution in [-0.2, 0) is 4.79 Å². The Balaban J connectivity index is 1.34. The molecule has 0 aliphatic carbocycles. The maximum Gasteiger partial charge on any atom is 0.257 e. The van der Waals surface area contributed by atoms with Crippen LogP contribution in [0, 0.1) is 0 Å². The standard InChI is InChI=1S/C30H20Cl3N3O2S2/c31-20-11-9-18(10-12-20)26-17-39-30(35-26)36-29(38)27(19-5-2-1-3-6-19)40-23-8-4-7-22(16-23)34-28(37)24-14-13-21(32)15-25(24)33/h1-17,27H,(H,34,37)(H,35,36,38). The number of nitrogens with one attached hydrogen (secondary N) is 2. The molecule has 5 aromatic rings. The predicted molar refractivity (Wildman–Crippen MR) is 167 cm³/mol. The second kappa shape index (κ2) is 12.9. The normalized spacial score (nSPS) is 11.6. The van der Waals surface area contributed by atoms with Crippen LogP contribution < -0.4 is 10.6 Å². The molecule has 0 aliphatic heterocycles. The number of rotatable bonds is 8. The van der Waals surface area contributed by atoms with Crippen molar-refractivity contribution in [3.8, 4) is 11.3 Å². The Morgan fingerprint density at radius 1 is 0.800 bits per heavy atom. The monoisotopic (exact) mass is 623 g/mol. The smallest absolute Gasteiger partial charge is 0.257 e. The summed E-state index contributed by atoms with van der Waals surface area (Å²) in [6, 6.07) is 28.9. The molecule has 0 saturated carbocycles. The topological polar surface area (TPSA) is 71.1 Å². The molecule has 40 heavy (non-hydrogen) atoms. The Morgan fingerprint density at radius 3 is 2.30 bits per heavy atom. The van der Waals surface area contributed by atoms with Gasteiger partial charge in [-0.2, -0.15) is 0 Å². The lowest BCUT2D eigenvalue weighted by atomic mass is 10.1. The second-order valence-corrected chi connectivity index (χ2v) is 11.9. The zero-order chi connectivity index (χ0) is 28.1. The van der Waals surface area contributed by atoms with Crippen molar-refractivity contribution >= 4 is 80.5 Å². The molecule has 1 aromatic heterocycles. The summed E-state index contributed by atoms with van der Waals surface area (Å²) in [5.41, 5.74) is 3.38. The van der Waals surface area contributed by atoms with Crippen molar-refractivity contribution in [3.63, 3.8) is 0 Å². The zero-order valence-corrected chi connectivity index (χ0v) is 24.5. The fourth-order valence-electron chi connectivity index (χ4n) is 3.81. The largest absolute Gasteiger partial charge is 0.322 e. The lowest BCUT2D eigenvalue weighted by Gasteiger charge is -2.17. The highest BCUT2D eigenvalue weighted by Crippen LogP contribution is 2.38. The minimum Gasteiger partial charge on any atom is -0.322 e. The molecule has 1 unspecified atom stereocenters. The van der Waals surface area contributed by atoms with Crippen LogP contribution in [0.3, 0.4) is 0 Å². The van der Waals surface area contributed by atoms with Crippen LogP contribution in [0.1, 0.15) is 21.2 Å². The van der Waals surface area contributed by atoms with Gasteiger partial charge in [-0.1, -0.05) is 83.3 Å². The van der Waals surface area contributed by atoms with Gasteiger partial charge in [0.05, 0.1) is 16.3 Å². The predicted octanol–water partition coefficient (Wildman–Crippen LogP) is 9.49. The number of nitrogens with zero attached hydrogens (tertiary/aromatic N) is 1. The first-order valence-corrected chi connectivity index (χ1v) is 14.9. The third kappa shape index (κ3) is 7.05. The molecular formula is C30H20Cl3N3O2S2. The number of halogens is 3. The molecule has 0 radical (unpaired) electrons. The van der Waals surface area contributed by atoms with Gasteiger partial charge in [0.1, 0.15) is 5.25 Å². The molecule has 2 N–H and O–H groups in total. The molecule has 0 saturated heterocycles. The first-order chi connectivity index (χ1) is 19.4. The van der Waals surface area contributed by atoms with E-state index in [1.54, 1.807) is 30.3 Å². The quantitative estimate of drug-likeness (QED) is 0.169. The minimum absolute atomic E-state index is 0.212. The van der Waals surface area contributed by atoms with Crippen molar-refractivity contribution < 1.29 is 9.59 Å². The van der Waals surface area contributed by atoms with E-state index in [1.165, 1.54) is 29.2 Å².